The summed E-state index contributed by atoms with van der Waals surface area (Å²) < 4.78 is 4.90. The SMILES string of the molecule is CC(C)(C)NC(=O)OC=Cc1ccc(CO)cc1. The lowest BCUT2D eigenvalue weighted by atomic mass is 10.1. The summed E-state index contributed by atoms with van der Waals surface area (Å²) in [5, 5.41) is 11.6. The molecule has 1 rings (SSSR count). The van der Waals surface area contributed by atoms with Gasteiger partial charge in [-0.05, 0) is 38.0 Å². The molecule has 0 aliphatic heterocycles. The van der Waals surface area contributed by atoms with E-state index in [4.69, 9.17) is 9.84 Å². The largest absolute Gasteiger partial charge is 0.418 e. The molecule has 0 saturated carbocycles. The van der Waals surface area contributed by atoms with E-state index in [0.29, 0.717) is 0 Å². The number of nitrogens with one attached hydrogen (secondary N) is 1. The van der Waals surface area contributed by atoms with Crippen molar-refractivity contribution in [2.45, 2.75) is 32.9 Å². The molecule has 1 aromatic carbocycles. The fourth-order valence-corrected chi connectivity index (χ4v) is 1.24. The number of hydrogen-bond donors (Lipinski definition) is 2. The number of rotatable bonds is 3. The lowest BCUT2D eigenvalue weighted by Crippen LogP contribution is -2.40. The minimum absolute atomic E-state index is 0.0223. The van der Waals surface area contributed by atoms with E-state index in [9.17, 15) is 4.79 Å². The standard InChI is InChI=1S/C14H19NO3/c1-14(2,3)15-13(17)18-9-8-11-4-6-12(10-16)7-5-11/h4-9,16H,10H2,1-3H3,(H,15,17). The monoisotopic (exact) mass is 249 g/mol. The highest BCUT2D eigenvalue weighted by Gasteiger charge is 2.13. The quantitative estimate of drug-likeness (QED) is 0.810. The van der Waals surface area contributed by atoms with Crippen molar-refractivity contribution in [1.29, 1.82) is 0 Å². The molecule has 0 unspecified atom stereocenters. The second-order valence-corrected chi connectivity index (χ2v) is 4.98. The normalized spacial score (nSPS) is 11.6. The first-order valence-electron chi connectivity index (χ1n) is 5.76. The molecule has 98 valence electrons. The van der Waals surface area contributed by atoms with Crippen LogP contribution in [0.15, 0.2) is 30.5 Å². The van der Waals surface area contributed by atoms with Gasteiger partial charge in [-0.3, -0.25) is 0 Å². The van der Waals surface area contributed by atoms with Gasteiger partial charge in [0.05, 0.1) is 12.9 Å². The maximum absolute atomic E-state index is 11.3. The summed E-state index contributed by atoms with van der Waals surface area (Å²) in [6.07, 6.45) is 2.55. The van der Waals surface area contributed by atoms with Crippen LogP contribution in [0.5, 0.6) is 0 Å². The van der Waals surface area contributed by atoms with Crippen LogP contribution in [0.1, 0.15) is 31.9 Å². The van der Waals surface area contributed by atoms with Gasteiger partial charge in [-0.15, -0.1) is 0 Å². The molecule has 0 spiro atoms. The predicted molar refractivity (Wildman–Crippen MR) is 70.8 cm³/mol. The third kappa shape index (κ3) is 5.50. The first kappa shape index (κ1) is 14.3. The summed E-state index contributed by atoms with van der Waals surface area (Å²) in [5.74, 6) is 0. The lowest BCUT2D eigenvalue weighted by Gasteiger charge is -2.18. The molecular formula is C14H19NO3. The second kappa shape index (κ2) is 6.21. The first-order chi connectivity index (χ1) is 8.40. The number of hydrogen-bond acceptors (Lipinski definition) is 3. The highest BCUT2D eigenvalue weighted by atomic mass is 16.5. The van der Waals surface area contributed by atoms with Gasteiger partial charge in [0.2, 0.25) is 0 Å². The van der Waals surface area contributed by atoms with E-state index >= 15 is 0 Å². The Kier molecular flexibility index (Phi) is 4.92. The molecule has 2 N–H and O–H groups in total. The van der Waals surface area contributed by atoms with Gasteiger partial charge in [-0.2, -0.15) is 0 Å². The number of ether oxygens (including phenoxy) is 1. The second-order valence-electron chi connectivity index (χ2n) is 4.98. The van der Waals surface area contributed by atoms with Crippen LogP contribution >= 0.6 is 0 Å². The maximum atomic E-state index is 11.3. The molecule has 18 heavy (non-hydrogen) atoms. The van der Waals surface area contributed by atoms with Crippen LogP contribution in [0.3, 0.4) is 0 Å². The van der Waals surface area contributed by atoms with Crippen LogP contribution in [0.4, 0.5) is 4.79 Å². The zero-order valence-corrected chi connectivity index (χ0v) is 10.9. The van der Waals surface area contributed by atoms with Crippen molar-refractivity contribution in [3.63, 3.8) is 0 Å². The van der Waals surface area contributed by atoms with Crippen molar-refractivity contribution in [3.05, 3.63) is 41.7 Å². The Balaban J connectivity index is 2.47. The van der Waals surface area contributed by atoms with Crippen molar-refractivity contribution < 1.29 is 14.6 Å². The number of alkyl carbamates (subject to hydrolysis) is 1. The van der Waals surface area contributed by atoms with Gasteiger partial charge < -0.3 is 15.2 Å². The van der Waals surface area contributed by atoms with Crippen LogP contribution in [0.2, 0.25) is 0 Å². The Morgan fingerprint density at radius 3 is 2.44 bits per heavy atom. The van der Waals surface area contributed by atoms with Gasteiger partial charge in [0.25, 0.3) is 0 Å². The van der Waals surface area contributed by atoms with Gasteiger partial charge in [0.1, 0.15) is 0 Å². The van der Waals surface area contributed by atoms with Gasteiger partial charge in [-0.1, -0.05) is 24.3 Å². The fraction of sp³-hybridized carbons (Fsp3) is 0.357. The van der Waals surface area contributed by atoms with Gasteiger partial charge in [-0.25, -0.2) is 4.79 Å². The Hall–Kier alpha value is -1.81. The molecule has 0 atom stereocenters. The smallest absolute Gasteiger partial charge is 0.412 e. The first-order valence-corrected chi connectivity index (χ1v) is 5.76. The Labute approximate surface area is 107 Å². The van der Waals surface area contributed by atoms with Crippen LogP contribution in [-0.4, -0.2) is 16.7 Å². The molecule has 0 bridgehead atoms. The van der Waals surface area contributed by atoms with E-state index in [1.54, 1.807) is 6.08 Å². The zero-order chi connectivity index (χ0) is 13.6. The fourth-order valence-electron chi connectivity index (χ4n) is 1.24. The van der Waals surface area contributed by atoms with Crippen molar-refractivity contribution in [2.24, 2.45) is 0 Å². The summed E-state index contributed by atoms with van der Waals surface area (Å²) in [4.78, 5) is 11.3. The average Bonchev–Trinajstić information content (AvgIpc) is 2.27. The highest BCUT2D eigenvalue weighted by Crippen LogP contribution is 2.06. The van der Waals surface area contributed by atoms with Crippen LogP contribution < -0.4 is 5.32 Å². The van der Waals surface area contributed by atoms with Crippen molar-refractivity contribution in [1.82, 2.24) is 5.32 Å². The molecule has 0 aliphatic carbocycles. The van der Waals surface area contributed by atoms with E-state index in [2.05, 4.69) is 5.32 Å². The van der Waals surface area contributed by atoms with Crippen LogP contribution in [0, 0.1) is 0 Å². The summed E-state index contributed by atoms with van der Waals surface area (Å²) in [7, 11) is 0. The predicted octanol–water partition coefficient (Wildman–Crippen LogP) is 2.67. The summed E-state index contributed by atoms with van der Waals surface area (Å²) in [5.41, 5.74) is 1.43. The van der Waals surface area contributed by atoms with E-state index in [-0.39, 0.29) is 12.1 Å². The number of aliphatic hydroxyl groups excluding tert-OH is 1. The zero-order valence-electron chi connectivity index (χ0n) is 10.9. The van der Waals surface area contributed by atoms with Crippen molar-refractivity contribution in [3.8, 4) is 0 Å². The molecule has 4 nitrogen and oxygen atoms in total. The average molecular weight is 249 g/mol. The third-order valence-electron chi connectivity index (χ3n) is 2.07. The number of benzene rings is 1. The molecule has 0 heterocycles. The van der Waals surface area contributed by atoms with Crippen LogP contribution in [0.25, 0.3) is 6.08 Å². The summed E-state index contributed by atoms with van der Waals surface area (Å²) in [6, 6.07) is 7.31. The Bertz CT molecular complexity index is 416. The van der Waals surface area contributed by atoms with Gasteiger partial charge in [0, 0.05) is 5.54 Å². The molecule has 0 aliphatic rings. The molecule has 0 fully saturated rings. The van der Waals surface area contributed by atoms with Crippen molar-refractivity contribution >= 4 is 12.2 Å². The minimum Gasteiger partial charge on any atom is -0.418 e. The third-order valence-corrected chi connectivity index (χ3v) is 2.07. The van der Waals surface area contributed by atoms with Gasteiger partial charge in [0.15, 0.2) is 0 Å². The topological polar surface area (TPSA) is 58.6 Å². The highest BCUT2D eigenvalue weighted by molar-refractivity contribution is 5.69. The summed E-state index contributed by atoms with van der Waals surface area (Å²) >= 11 is 0. The Morgan fingerprint density at radius 2 is 1.94 bits per heavy atom. The number of amides is 1. The van der Waals surface area contributed by atoms with E-state index in [0.717, 1.165) is 11.1 Å². The van der Waals surface area contributed by atoms with E-state index in [1.165, 1.54) is 6.26 Å². The number of aliphatic hydroxyl groups is 1. The van der Waals surface area contributed by atoms with Gasteiger partial charge >= 0.3 is 6.09 Å². The van der Waals surface area contributed by atoms with Crippen molar-refractivity contribution in [2.75, 3.05) is 0 Å². The van der Waals surface area contributed by atoms with E-state index < -0.39 is 6.09 Å². The molecule has 1 amide bonds. The Morgan fingerprint density at radius 1 is 1.33 bits per heavy atom. The molecule has 0 radical (unpaired) electrons. The molecule has 4 heteroatoms. The number of carbonyl (C=O) groups excluding carboxylic acids is 1. The maximum Gasteiger partial charge on any atom is 0.412 e. The minimum atomic E-state index is -0.481. The molecule has 0 aromatic heterocycles. The van der Waals surface area contributed by atoms with E-state index in [1.807, 2.05) is 45.0 Å². The molecule has 0 saturated heterocycles. The summed E-state index contributed by atoms with van der Waals surface area (Å²) in [6.45, 7) is 5.66. The molecule has 1 aromatic rings. The number of carbonyl (C=O) groups is 1. The lowest BCUT2D eigenvalue weighted by molar-refractivity contribution is 0.176. The molecular weight excluding hydrogens is 230 g/mol. The van der Waals surface area contributed by atoms with Crippen LogP contribution in [-0.2, 0) is 11.3 Å².